The molecule has 3 rings (SSSR count). The molecule has 3 aromatic rings. The molecule has 1 aromatic heterocycles. The number of nitrogens with one attached hydrogen (secondary N) is 1. The maximum absolute atomic E-state index is 13.0. The van der Waals surface area contributed by atoms with E-state index in [4.69, 9.17) is 14.2 Å². The maximum atomic E-state index is 13.0. The number of benzene rings is 2. The van der Waals surface area contributed by atoms with Gasteiger partial charge < -0.3 is 24.1 Å². The van der Waals surface area contributed by atoms with Crippen molar-refractivity contribution in [2.24, 2.45) is 7.05 Å². The summed E-state index contributed by atoms with van der Waals surface area (Å²) in [5.74, 6) is 0.564. The van der Waals surface area contributed by atoms with Crippen LogP contribution in [-0.4, -0.2) is 31.8 Å². The standard InChI is InChI=1S/C22H21N3O5/c1-25-17-8-6-5-7-14(17)15(11-20(25)26)22(27)24-16(12-23)13-9-18(28-2)21(30-4)19(10-13)29-3/h5-11,16H,1-4H3,(H,24,27). The molecule has 0 aliphatic rings. The average Bonchev–Trinajstić information content (AvgIpc) is 2.78. The summed E-state index contributed by atoms with van der Waals surface area (Å²) in [6.07, 6.45) is 0. The summed E-state index contributed by atoms with van der Waals surface area (Å²) >= 11 is 0. The number of methoxy groups -OCH3 is 3. The smallest absolute Gasteiger partial charge is 0.253 e. The van der Waals surface area contributed by atoms with Gasteiger partial charge in [-0.15, -0.1) is 0 Å². The summed E-state index contributed by atoms with van der Waals surface area (Å²) in [6.45, 7) is 0. The molecule has 0 fully saturated rings. The number of fused-ring (bicyclic) bond motifs is 1. The van der Waals surface area contributed by atoms with Crippen molar-refractivity contribution in [1.29, 1.82) is 5.26 Å². The molecule has 1 amide bonds. The highest BCUT2D eigenvalue weighted by Crippen LogP contribution is 2.39. The molecule has 1 N–H and O–H groups in total. The fourth-order valence-corrected chi connectivity index (χ4v) is 3.27. The second-order valence-electron chi connectivity index (χ2n) is 6.47. The number of carbonyl (C=O) groups is 1. The van der Waals surface area contributed by atoms with E-state index in [9.17, 15) is 14.9 Å². The van der Waals surface area contributed by atoms with Gasteiger partial charge in [-0.05, 0) is 23.8 Å². The molecule has 30 heavy (non-hydrogen) atoms. The zero-order valence-corrected chi connectivity index (χ0v) is 17.1. The fourth-order valence-electron chi connectivity index (χ4n) is 3.27. The van der Waals surface area contributed by atoms with Gasteiger partial charge in [0.1, 0.15) is 6.04 Å². The second-order valence-corrected chi connectivity index (χ2v) is 6.47. The number of hydrogen-bond acceptors (Lipinski definition) is 6. The molecule has 0 aliphatic carbocycles. The maximum Gasteiger partial charge on any atom is 0.253 e. The van der Waals surface area contributed by atoms with Gasteiger partial charge >= 0.3 is 0 Å². The number of nitriles is 1. The van der Waals surface area contributed by atoms with E-state index >= 15 is 0 Å². The second kappa shape index (κ2) is 8.57. The van der Waals surface area contributed by atoms with Crippen LogP contribution in [0.2, 0.25) is 0 Å². The first-order valence-corrected chi connectivity index (χ1v) is 9.04. The van der Waals surface area contributed by atoms with Gasteiger partial charge in [0.25, 0.3) is 11.5 Å². The summed E-state index contributed by atoms with van der Waals surface area (Å²) in [4.78, 5) is 25.3. The first-order chi connectivity index (χ1) is 14.4. The van der Waals surface area contributed by atoms with Crippen LogP contribution in [0.25, 0.3) is 10.9 Å². The summed E-state index contributed by atoms with van der Waals surface area (Å²) in [7, 11) is 6.05. The number of aryl methyl sites for hydroxylation is 1. The Morgan fingerprint density at radius 3 is 2.27 bits per heavy atom. The van der Waals surface area contributed by atoms with Crippen LogP contribution in [0.3, 0.4) is 0 Å². The van der Waals surface area contributed by atoms with E-state index in [0.29, 0.717) is 33.7 Å². The zero-order chi connectivity index (χ0) is 21.8. The number of para-hydroxylation sites is 1. The molecule has 0 bridgehead atoms. The number of amides is 1. The first-order valence-electron chi connectivity index (χ1n) is 9.04. The van der Waals surface area contributed by atoms with E-state index in [-0.39, 0.29) is 11.1 Å². The van der Waals surface area contributed by atoms with Gasteiger partial charge in [0.15, 0.2) is 11.5 Å². The highest BCUT2D eigenvalue weighted by molar-refractivity contribution is 6.06. The minimum absolute atomic E-state index is 0.196. The Labute approximate surface area is 173 Å². The van der Waals surface area contributed by atoms with Gasteiger partial charge in [-0.3, -0.25) is 9.59 Å². The van der Waals surface area contributed by atoms with Crippen LogP contribution in [0.15, 0.2) is 47.3 Å². The van der Waals surface area contributed by atoms with Crippen molar-refractivity contribution in [2.45, 2.75) is 6.04 Å². The molecule has 0 saturated heterocycles. The van der Waals surface area contributed by atoms with Crippen molar-refractivity contribution in [3.8, 4) is 23.3 Å². The predicted octanol–water partition coefficient (Wildman–Crippen LogP) is 2.56. The van der Waals surface area contributed by atoms with Crippen LogP contribution in [0.5, 0.6) is 17.2 Å². The summed E-state index contributed by atoms with van der Waals surface area (Å²) in [5, 5.41) is 13.0. The van der Waals surface area contributed by atoms with E-state index in [1.165, 1.54) is 32.0 Å². The Morgan fingerprint density at radius 1 is 1.07 bits per heavy atom. The lowest BCUT2D eigenvalue weighted by atomic mass is 10.0. The van der Waals surface area contributed by atoms with E-state index in [1.807, 2.05) is 0 Å². The number of rotatable bonds is 6. The summed E-state index contributed by atoms with van der Waals surface area (Å²) in [6, 6.07) is 12.6. The third-order valence-corrected chi connectivity index (χ3v) is 4.82. The Morgan fingerprint density at radius 2 is 1.70 bits per heavy atom. The Hall–Kier alpha value is -3.99. The van der Waals surface area contributed by atoms with Crippen LogP contribution < -0.4 is 25.1 Å². The molecule has 0 aliphatic heterocycles. The minimum Gasteiger partial charge on any atom is -0.493 e. The van der Waals surface area contributed by atoms with Crippen molar-refractivity contribution in [2.75, 3.05) is 21.3 Å². The molecular weight excluding hydrogens is 386 g/mol. The normalized spacial score (nSPS) is 11.4. The number of nitrogens with zero attached hydrogens (tertiary/aromatic N) is 2. The number of hydrogen-bond donors (Lipinski definition) is 1. The van der Waals surface area contributed by atoms with Gasteiger partial charge in [0, 0.05) is 18.5 Å². The molecule has 0 spiro atoms. The van der Waals surface area contributed by atoms with Crippen LogP contribution in [0.1, 0.15) is 22.0 Å². The van der Waals surface area contributed by atoms with Crippen LogP contribution >= 0.6 is 0 Å². The molecule has 0 saturated carbocycles. The lowest BCUT2D eigenvalue weighted by molar-refractivity contribution is 0.0946. The summed E-state index contributed by atoms with van der Waals surface area (Å²) < 4.78 is 17.4. The van der Waals surface area contributed by atoms with E-state index in [1.54, 1.807) is 43.4 Å². The highest BCUT2D eigenvalue weighted by Gasteiger charge is 2.22. The molecule has 1 unspecified atom stereocenters. The van der Waals surface area contributed by atoms with Crippen molar-refractivity contribution >= 4 is 16.8 Å². The van der Waals surface area contributed by atoms with Crippen molar-refractivity contribution in [1.82, 2.24) is 9.88 Å². The Bertz CT molecular complexity index is 1180. The SMILES string of the molecule is COc1cc(C(C#N)NC(=O)c2cc(=O)n(C)c3ccccc23)cc(OC)c1OC. The fraction of sp³-hybridized carbons (Fsp3) is 0.227. The molecule has 1 heterocycles. The molecule has 8 nitrogen and oxygen atoms in total. The van der Waals surface area contributed by atoms with Crippen molar-refractivity contribution in [3.05, 3.63) is 63.9 Å². The van der Waals surface area contributed by atoms with Gasteiger partial charge in [-0.25, -0.2) is 0 Å². The van der Waals surface area contributed by atoms with Gasteiger partial charge in [0.05, 0.1) is 38.5 Å². The van der Waals surface area contributed by atoms with E-state index < -0.39 is 11.9 Å². The molecule has 2 aromatic carbocycles. The van der Waals surface area contributed by atoms with Crippen LogP contribution in [0, 0.1) is 11.3 Å². The van der Waals surface area contributed by atoms with Crippen molar-refractivity contribution in [3.63, 3.8) is 0 Å². The third kappa shape index (κ3) is 3.65. The number of aromatic nitrogens is 1. The average molecular weight is 407 g/mol. The molecule has 1 atom stereocenters. The van der Waals surface area contributed by atoms with Crippen molar-refractivity contribution < 1.29 is 19.0 Å². The van der Waals surface area contributed by atoms with Gasteiger partial charge in [-0.2, -0.15) is 5.26 Å². The quantitative estimate of drug-likeness (QED) is 0.674. The predicted molar refractivity (Wildman–Crippen MR) is 111 cm³/mol. The van der Waals surface area contributed by atoms with Crippen LogP contribution in [0.4, 0.5) is 0 Å². The van der Waals surface area contributed by atoms with Gasteiger partial charge in [-0.1, -0.05) is 18.2 Å². The minimum atomic E-state index is -1.01. The molecule has 154 valence electrons. The first kappa shape index (κ1) is 20.7. The zero-order valence-electron chi connectivity index (χ0n) is 17.1. The monoisotopic (exact) mass is 407 g/mol. The largest absolute Gasteiger partial charge is 0.493 e. The topological polar surface area (TPSA) is 103 Å². The van der Waals surface area contributed by atoms with E-state index in [2.05, 4.69) is 11.4 Å². The lowest BCUT2D eigenvalue weighted by Crippen LogP contribution is -2.30. The highest BCUT2D eigenvalue weighted by atomic mass is 16.5. The lowest BCUT2D eigenvalue weighted by Gasteiger charge is -2.18. The summed E-state index contributed by atoms with van der Waals surface area (Å²) in [5.41, 5.74) is 0.950. The van der Waals surface area contributed by atoms with Crippen LogP contribution in [-0.2, 0) is 7.05 Å². The number of carbonyl (C=O) groups excluding carboxylic acids is 1. The number of pyridine rings is 1. The molecular formula is C22H21N3O5. The van der Waals surface area contributed by atoms with Gasteiger partial charge in [0.2, 0.25) is 5.75 Å². The Kier molecular flexibility index (Phi) is 5.93. The number of ether oxygens (including phenoxy) is 3. The Balaban J connectivity index is 2.03. The third-order valence-electron chi connectivity index (χ3n) is 4.82. The van der Waals surface area contributed by atoms with E-state index in [0.717, 1.165) is 0 Å². The molecule has 8 heteroatoms. The molecule has 0 radical (unpaired) electrons.